The molecule has 0 aliphatic carbocycles. The van der Waals surface area contributed by atoms with Crippen LogP contribution in [-0.4, -0.2) is 32.7 Å². The number of nitrogens with two attached hydrogens (primary N) is 2. The molecule has 10 heteroatoms. The van der Waals surface area contributed by atoms with Gasteiger partial charge in [0.25, 0.3) is 5.91 Å². The number of aryl methyl sites for hydroxylation is 1. The predicted octanol–water partition coefficient (Wildman–Crippen LogP) is -0.0188. The minimum atomic E-state index is -0.715. The number of nitrogens with one attached hydrogen (secondary N) is 2. The van der Waals surface area contributed by atoms with Gasteiger partial charge in [0, 0.05) is 0 Å². The van der Waals surface area contributed by atoms with Crippen molar-refractivity contribution in [2.24, 2.45) is 11.5 Å². The Labute approximate surface area is 123 Å². The summed E-state index contributed by atoms with van der Waals surface area (Å²) in [5.41, 5.74) is 11.1. The number of carbonyl (C=O) groups excluding carboxylic acids is 2. The lowest BCUT2D eigenvalue weighted by molar-refractivity contribution is -0.116. The molecule has 0 atom stereocenters. The highest BCUT2D eigenvalue weighted by atomic mass is 32.1. The summed E-state index contributed by atoms with van der Waals surface area (Å²) < 4.78 is 4.11. The third-order valence-corrected chi connectivity index (χ3v) is 3.12. The number of carbonyl (C=O) groups is 2. The van der Waals surface area contributed by atoms with E-state index >= 15 is 0 Å². The van der Waals surface area contributed by atoms with Crippen LogP contribution in [0.4, 0.5) is 16.6 Å². The van der Waals surface area contributed by atoms with Gasteiger partial charge in [-0.25, -0.2) is 9.97 Å². The molecule has 0 aromatic carbocycles. The summed E-state index contributed by atoms with van der Waals surface area (Å²) in [6.07, 6.45) is 1.30. The van der Waals surface area contributed by atoms with Crippen molar-refractivity contribution >= 4 is 40.0 Å². The van der Waals surface area contributed by atoms with Crippen molar-refractivity contribution < 1.29 is 9.59 Å². The van der Waals surface area contributed by atoms with Gasteiger partial charge in [-0.05, 0) is 24.5 Å². The van der Waals surface area contributed by atoms with E-state index in [1.165, 1.54) is 17.7 Å². The number of nitrogens with zero attached hydrogens (tertiary/aromatic N) is 3. The zero-order valence-electron chi connectivity index (χ0n) is 11.1. The van der Waals surface area contributed by atoms with Crippen LogP contribution in [0.1, 0.15) is 16.2 Å². The summed E-state index contributed by atoms with van der Waals surface area (Å²) >= 11 is 1.21. The van der Waals surface area contributed by atoms with E-state index in [1.54, 1.807) is 6.07 Å². The van der Waals surface area contributed by atoms with Gasteiger partial charge in [-0.1, -0.05) is 0 Å². The number of hydrogen-bond donors (Lipinski definition) is 4. The molecule has 0 fully saturated rings. The summed E-state index contributed by atoms with van der Waals surface area (Å²) in [6.45, 7) is 1.75. The van der Waals surface area contributed by atoms with Crippen LogP contribution in [0, 0.1) is 6.92 Å². The molecule has 0 unspecified atom stereocenters. The fourth-order valence-electron chi connectivity index (χ4n) is 1.46. The standard InChI is InChI=1S/C11H13N7O2S/c1-5-2-8(21-18-5)17-11-9(10(13)20)15-4-7(16-11)14-3-6(12)19/h2,4H,3H2,1H3,(H2,12,19)(H2,13,20)(H2,14,16,17). The number of primary amides is 2. The minimum Gasteiger partial charge on any atom is -0.368 e. The topological polar surface area (TPSA) is 149 Å². The van der Waals surface area contributed by atoms with Crippen molar-refractivity contribution in [1.82, 2.24) is 14.3 Å². The first-order valence-electron chi connectivity index (χ1n) is 5.85. The number of amides is 2. The molecule has 0 spiro atoms. The molecule has 110 valence electrons. The minimum absolute atomic E-state index is 0.00863. The molecule has 2 heterocycles. The molecule has 2 aromatic rings. The first-order chi connectivity index (χ1) is 9.95. The smallest absolute Gasteiger partial charge is 0.271 e. The van der Waals surface area contributed by atoms with Crippen LogP contribution in [0.3, 0.4) is 0 Å². The Hall–Kier alpha value is -2.75. The van der Waals surface area contributed by atoms with Crippen LogP contribution in [0.25, 0.3) is 0 Å². The van der Waals surface area contributed by atoms with Gasteiger partial charge in [-0.15, -0.1) is 0 Å². The Balaban J connectivity index is 2.28. The van der Waals surface area contributed by atoms with Crippen molar-refractivity contribution in [2.75, 3.05) is 17.2 Å². The van der Waals surface area contributed by atoms with Gasteiger partial charge in [0.2, 0.25) is 5.91 Å². The molecule has 0 radical (unpaired) electrons. The SMILES string of the molecule is Cc1cc(Nc2nc(NCC(N)=O)cnc2C(N)=O)sn1. The fourth-order valence-corrected chi connectivity index (χ4v) is 2.12. The van der Waals surface area contributed by atoms with Gasteiger partial charge >= 0.3 is 0 Å². The van der Waals surface area contributed by atoms with Gasteiger partial charge in [-0.3, -0.25) is 9.59 Å². The third kappa shape index (κ3) is 3.86. The summed E-state index contributed by atoms with van der Waals surface area (Å²) in [6, 6.07) is 1.79. The molecular formula is C11H13N7O2S. The molecule has 0 aliphatic heterocycles. The molecule has 2 amide bonds. The highest BCUT2D eigenvalue weighted by molar-refractivity contribution is 7.10. The lowest BCUT2D eigenvalue weighted by Crippen LogP contribution is -2.23. The predicted molar refractivity (Wildman–Crippen MR) is 78.4 cm³/mol. The number of anilines is 3. The van der Waals surface area contributed by atoms with Crippen molar-refractivity contribution in [2.45, 2.75) is 6.92 Å². The molecular weight excluding hydrogens is 294 g/mol. The van der Waals surface area contributed by atoms with Gasteiger partial charge < -0.3 is 22.1 Å². The average Bonchev–Trinajstić information content (AvgIpc) is 2.81. The van der Waals surface area contributed by atoms with Crippen LogP contribution in [0.15, 0.2) is 12.3 Å². The van der Waals surface area contributed by atoms with Crippen molar-refractivity contribution in [3.63, 3.8) is 0 Å². The van der Waals surface area contributed by atoms with Crippen LogP contribution in [0.2, 0.25) is 0 Å². The maximum absolute atomic E-state index is 11.4. The first-order valence-corrected chi connectivity index (χ1v) is 6.62. The normalized spacial score (nSPS) is 10.1. The Kier molecular flexibility index (Phi) is 4.28. The fraction of sp³-hybridized carbons (Fsp3) is 0.182. The van der Waals surface area contributed by atoms with E-state index in [-0.39, 0.29) is 18.1 Å². The molecule has 0 saturated heterocycles. The Morgan fingerprint density at radius 1 is 1.38 bits per heavy atom. The highest BCUT2D eigenvalue weighted by Gasteiger charge is 2.14. The second-order valence-electron chi connectivity index (χ2n) is 4.09. The Bertz CT molecular complexity index is 685. The van der Waals surface area contributed by atoms with Crippen molar-refractivity contribution in [1.29, 1.82) is 0 Å². The van der Waals surface area contributed by atoms with Crippen LogP contribution < -0.4 is 22.1 Å². The van der Waals surface area contributed by atoms with Gasteiger partial charge in [0.05, 0.1) is 18.4 Å². The number of hydrogen-bond acceptors (Lipinski definition) is 8. The molecule has 0 aliphatic rings. The molecule has 0 bridgehead atoms. The van der Waals surface area contributed by atoms with E-state index in [1.807, 2.05) is 6.92 Å². The van der Waals surface area contributed by atoms with Crippen molar-refractivity contribution in [3.8, 4) is 0 Å². The largest absolute Gasteiger partial charge is 0.368 e. The van der Waals surface area contributed by atoms with E-state index in [4.69, 9.17) is 11.5 Å². The van der Waals surface area contributed by atoms with Gasteiger partial charge in [0.1, 0.15) is 10.8 Å². The number of rotatable bonds is 6. The second kappa shape index (κ2) is 6.13. The third-order valence-electron chi connectivity index (χ3n) is 2.32. The van der Waals surface area contributed by atoms with E-state index in [0.29, 0.717) is 10.8 Å². The number of aromatic nitrogens is 3. The van der Waals surface area contributed by atoms with Gasteiger partial charge in [0.15, 0.2) is 11.5 Å². The molecule has 0 saturated carbocycles. The lowest BCUT2D eigenvalue weighted by Gasteiger charge is -2.09. The highest BCUT2D eigenvalue weighted by Crippen LogP contribution is 2.23. The van der Waals surface area contributed by atoms with Crippen LogP contribution >= 0.6 is 11.5 Å². The molecule has 2 aromatic heterocycles. The monoisotopic (exact) mass is 307 g/mol. The van der Waals surface area contributed by atoms with Crippen molar-refractivity contribution in [3.05, 3.63) is 23.7 Å². The maximum Gasteiger partial charge on any atom is 0.271 e. The lowest BCUT2D eigenvalue weighted by atomic mass is 10.3. The van der Waals surface area contributed by atoms with E-state index in [2.05, 4.69) is 25.0 Å². The summed E-state index contributed by atoms with van der Waals surface area (Å²) in [5, 5.41) is 6.31. The van der Waals surface area contributed by atoms with Crippen LogP contribution in [-0.2, 0) is 4.79 Å². The Morgan fingerprint density at radius 3 is 2.71 bits per heavy atom. The molecule has 9 nitrogen and oxygen atoms in total. The summed E-state index contributed by atoms with van der Waals surface area (Å²) in [5.74, 6) is -0.779. The van der Waals surface area contributed by atoms with E-state index < -0.39 is 11.8 Å². The maximum atomic E-state index is 11.4. The first kappa shape index (κ1) is 14.7. The Morgan fingerprint density at radius 2 is 2.14 bits per heavy atom. The zero-order valence-corrected chi connectivity index (χ0v) is 11.9. The molecule has 2 rings (SSSR count). The second-order valence-corrected chi connectivity index (χ2v) is 4.90. The summed E-state index contributed by atoms with van der Waals surface area (Å²) in [7, 11) is 0. The average molecular weight is 307 g/mol. The van der Waals surface area contributed by atoms with E-state index in [0.717, 1.165) is 5.69 Å². The quantitative estimate of drug-likeness (QED) is 0.586. The zero-order chi connectivity index (χ0) is 15.4. The molecule has 6 N–H and O–H groups in total. The molecule has 21 heavy (non-hydrogen) atoms. The van der Waals surface area contributed by atoms with E-state index in [9.17, 15) is 9.59 Å². The summed E-state index contributed by atoms with van der Waals surface area (Å²) in [4.78, 5) is 30.2. The van der Waals surface area contributed by atoms with Gasteiger partial charge in [-0.2, -0.15) is 4.37 Å². The van der Waals surface area contributed by atoms with Crippen LogP contribution in [0.5, 0.6) is 0 Å².